The number of aromatic nitrogens is 2. The Hall–Kier alpha value is -1.75. The molecule has 0 aliphatic carbocycles. The van der Waals surface area contributed by atoms with Crippen molar-refractivity contribution in [3.63, 3.8) is 0 Å². The molecule has 0 saturated heterocycles. The first-order chi connectivity index (χ1) is 9.20. The van der Waals surface area contributed by atoms with Crippen LogP contribution in [0.15, 0.2) is 17.6 Å². The Morgan fingerprint density at radius 1 is 1.58 bits per heavy atom. The van der Waals surface area contributed by atoms with Gasteiger partial charge in [-0.2, -0.15) is 0 Å². The molecule has 0 bridgehead atoms. The van der Waals surface area contributed by atoms with Crippen LogP contribution in [0.4, 0.5) is 0 Å². The molecule has 2 N–H and O–H groups in total. The van der Waals surface area contributed by atoms with Crippen LogP contribution in [0.25, 0.3) is 0 Å². The van der Waals surface area contributed by atoms with E-state index in [4.69, 9.17) is 5.73 Å². The van der Waals surface area contributed by atoms with Gasteiger partial charge in [0.2, 0.25) is 0 Å². The Morgan fingerprint density at radius 2 is 2.42 bits per heavy atom. The van der Waals surface area contributed by atoms with Crippen LogP contribution in [0.3, 0.4) is 0 Å². The van der Waals surface area contributed by atoms with Crippen LogP contribution >= 0.6 is 22.9 Å². The molecule has 0 radical (unpaired) electrons. The highest BCUT2D eigenvalue weighted by Crippen LogP contribution is 2.17. The topological polar surface area (TPSA) is 72.1 Å². The van der Waals surface area contributed by atoms with Crippen molar-refractivity contribution in [3.8, 4) is 11.8 Å². The van der Waals surface area contributed by atoms with Gasteiger partial charge in [0, 0.05) is 22.9 Å². The van der Waals surface area contributed by atoms with E-state index in [-0.39, 0.29) is 5.91 Å². The third-order valence-corrected chi connectivity index (χ3v) is 3.87. The normalized spacial score (nSPS) is 9.79. The van der Waals surface area contributed by atoms with Gasteiger partial charge in [-0.1, -0.05) is 16.3 Å². The smallest absolute Gasteiger partial charge is 0.267 e. The van der Waals surface area contributed by atoms with Crippen LogP contribution in [0.1, 0.15) is 20.1 Å². The molecule has 5 nitrogen and oxygen atoms in total. The minimum absolute atomic E-state index is 0.0713. The first-order valence-electron chi connectivity index (χ1n) is 5.50. The summed E-state index contributed by atoms with van der Waals surface area (Å²) in [4.78, 5) is 15.3. The van der Waals surface area contributed by atoms with Crippen LogP contribution in [-0.2, 0) is 6.54 Å². The third kappa shape index (κ3) is 3.61. The number of thiophene rings is 1. The first kappa shape index (κ1) is 13.7. The Bertz CT molecular complexity index is 609. The molecule has 19 heavy (non-hydrogen) atoms. The summed E-state index contributed by atoms with van der Waals surface area (Å²) in [5.74, 6) is 5.70. The van der Waals surface area contributed by atoms with Gasteiger partial charge in [0.25, 0.3) is 5.91 Å². The molecule has 0 saturated carbocycles. The molecule has 0 fully saturated rings. The minimum Gasteiger partial charge on any atom is -0.336 e. The van der Waals surface area contributed by atoms with Crippen molar-refractivity contribution in [1.82, 2.24) is 14.5 Å². The number of hydrogen-bond donors (Lipinski definition) is 1. The van der Waals surface area contributed by atoms with Gasteiger partial charge in [0.05, 0.1) is 19.3 Å². The van der Waals surface area contributed by atoms with Crippen molar-refractivity contribution in [1.29, 1.82) is 0 Å². The number of amides is 1. The van der Waals surface area contributed by atoms with E-state index in [1.807, 2.05) is 11.4 Å². The Morgan fingerprint density at radius 3 is 3.11 bits per heavy atom. The van der Waals surface area contributed by atoms with Gasteiger partial charge in [-0.05, 0) is 17.6 Å². The lowest BCUT2D eigenvalue weighted by Gasteiger charge is -2.14. The van der Waals surface area contributed by atoms with Crippen molar-refractivity contribution < 1.29 is 4.79 Å². The number of carbonyl (C=O) groups is 1. The van der Waals surface area contributed by atoms with E-state index in [0.717, 1.165) is 22.0 Å². The summed E-state index contributed by atoms with van der Waals surface area (Å²) in [5, 5.41) is 5.63. The highest BCUT2D eigenvalue weighted by molar-refractivity contribution is 7.10. The molecule has 7 heteroatoms. The van der Waals surface area contributed by atoms with Gasteiger partial charge in [-0.15, -0.1) is 16.4 Å². The molecule has 0 aliphatic rings. The summed E-state index contributed by atoms with van der Waals surface area (Å²) in [6.45, 7) is 0.896. The summed E-state index contributed by atoms with van der Waals surface area (Å²) in [6, 6.07) is 1.97. The number of rotatable bonds is 3. The van der Waals surface area contributed by atoms with E-state index in [9.17, 15) is 4.79 Å². The molecule has 2 heterocycles. The maximum Gasteiger partial charge on any atom is 0.267 e. The average Bonchev–Trinajstić information content (AvgIpc) is 3.06. The van der Waals surface area contributed by atoms with E-state index >= 15 is 0 Å². The van der Waals surface area contributed by atoms with Crippen molar-refractivity contribution >= 4 is 28.8 Å². The minimum atomic E-state index is -0.0713. The molecular formula is C12H12N4OS2. The maximum absolute atomic E-state index is 12.0. The van der Waals surface area contributed by atoms with Crippen molar-refractivity contribution in [3.05, 3.63) is 33.0 Å². The van der Waals surface area contributed by atoms with Crippen molar-refractivity contribution in [2.24, 2.45) is 5.73 Å². The molecule has 1 amide bonds. The molecule has 98 valence electrons. The Labute approximate surface area is 119 Å². The van der Waals surface area contributed by atoms with Crippen LogP contribution in [0.2, 0.25) is 0 Å². The van der Waals surface area contributed by atoms with E-state index in [1.54, 1.807) is 23.3 Å². The zero-order valence-electron chi connectivity index (χ0n) is 10.3. The van der Waals surface area contributed by atoms with Gasteiger partial charge in [-0.3, -0.25) is 4.79 Å². The Balaban J connectivity index is 2.01. The van der Waals surface area contributed by atoms with Gasteiger partial charge in [0.15, 0.2) is 0 Å². The van der Waals surface area contributed by atoms with Gasteiger partial charge in [-0.25, -0.2) is 0 Å². The Kier molecular flexibility index (Phi) is 4.63. The van der Waals surface area contributed by atoms with E-state index in [2.05, 4.69) is 21.4 Å². The van der Waals surface area contributed by atoms with E-state index < -0.39 is 0 Å². The van der Waals surface area contributed by atoms with Crippen LogP contribution in [0.5, 0.6) is 0 Å². The molecule has 0 atom stereocenters. The van der Waals surface area contributed by atoms with Crippen LogP contribution in [0, 0.1) is 11.8 Å². The highest BCUT2D eigenvalue weighted by Gasteiger charge is 2.14. The highest BCUT2D eigenvalue weighted by atomic mass is 32.1. The van der Waals surface area contributed by atoms with Crippen LogP contribution < -0.4 is 5.73 Å². The number of nitrogens with zero attached hydrogens (tertiary/aromatic N) is 3. The summed E-state index contributed by atoms with van der Waals surface area (Å²) in [5.41, 5.74) is 6.26. The van der Waals surface area contributed by atoms with Gasteiger partial charge < -0.3 is 10.6 Å². The summed E-state index contributed by atoms with van der Waals surface area (Å²) < 4.78 is 3.69. The third-order valence-electron chi connectivity index (χ3n) is 2.30. The van der Waals surface area contributed by atoms with Crippen LogP contribution in [-0.4, -0.2) is 34.0 Å². The fraction of sp³-hybridized carbons (Fsp3) is 0.250. The first-order valence-corrected chi connectivity index (χ1v) is 7.15. The molecule has 0 aliphatic heterocycles. The average molecular weight is 292 g/mol. The number of nitrogens with two attached hydrogens (primary N) is 1. The van der Waals surface area contributed by atoms with Crippen molar-refractivity contribution in [2.45, 2.75) is 6.54 Å². The SMILES string of the molecule is CN(Cc1cc(C#CCN)cs1)C(=O)c1cnns1. The fourth-order valence-corrected chi connectivity index (χ4v) is 2.82. The fourth-order valence-electron chi connectivity index (χ4n) is 1.44. The zero-order valence-corrected chi connectivity index (χ0v) is 11.9. The van der Waals surface area contributed by atoms with E-state index in [1.165, 1.54) is 6.20 Å². The summed E-state index contributed by atoms with van der Waals surface area (Å²) in [6.07, 6.45) is 1.48. The predicted octanol–water partition coefficient (Wildman–Crippen LogP) is 1.18. The predicted molar refractivity (Wildman–Crippen MR) is 76.0 cm³/mol. The summed E-state index contributed by atoms with van der Waals surface area (Å²) >= 11 is 2.68. The molecule has 2 rings (SSSR count). The molecule has 0 spiro atoms. The van der Waals surface area contributed by atoms with Gasteiger partial charge in [0.1, 0.15) is 4.88 Å². The standard InChI is InChI=1S/C12H12N4OS2/c1-16(12(17)11-6-14-15-19-11)7-10-5-9(8-18-10)3-2-4-13/h5-6,8H,4,7,13H2,1H3. The number of carbonyl (C=O) groups excluding carboxylic acids is 1. The lowest BCUT2D eigenvalue weighted by atomic mass is 10.3. The molecular weight excluding hydrogens is 280 g/mol. The zero-order chi connectivity index (χ0) is 13.7. The molecule has 2 aromatic rings. The quantitative estimate of drug-likeness (QED) is 0.862. The maximum atomic E-state index is 12.0. The lowest BCUT2D eigenvalue weighted by molar-refractivity contribution is 0.0791. The largest absolute Gasteiger partial charge is 0.336 e. The summed E-state index contributed by atoms with van der Waals surface area (Å²) in [7, 11) is 1.76. The second-order valence-electron chi connectivity index (χ2n) is 3.75. The number of hydrogen-bond acceptors (Lipinski definition) is 6. The van der Waals surface area contributed by atoms with Crippen molar-refractivity contribution in [2.75, 3.05) is 13.6 Å². The van der Waals surface area contributed by atoms with Gasteiger partial charge >= 0.3 is 0 Å². The molecule has 0 unspecified atom stereocenters. The second-order valence-corrected chi connectivity index (χ2v) is 5.53. The molecule has 0 aromatic carbocycles. The van der Waals surface area contributed by atoms with E-state index in [0.29, 0.717) is 18.0 Å². The second kappa shape index (κ2) is 6.43. The monoisotopic (exact) mass is 292 g/mol. The lowest BCUT2D eigenvalue weighted by Crippen LogP contribution is -2.24. The molecule has 2 aromatic heterocycles.